The van der Waals surface area contributed by atoms with Crippen molar-refractivity contribution in [2.24, 2.45) is 10.2 Å². The van der Waals surface area contributed by atoms with Crippen molar-refractivity contribution in [1.29, 1.82) is 0 Å². The van der Waals surface area contributed by atoms with Crippen molar-refractivity contribution in [3.63, 3.8) is 0 Å². The second-order valence-corrected chi connectivity index (χ2v) is 9.73. The van der Waals surface area contributed by atoms with Crippen LogP contribution in [0.5, 0.6) is 11.5 Å². The van der Waals surface area contributed by atoms with E-state index in [1.54, 1.807) is 41.9 Å². The van der Waals surface area contributed by atoms with Crippen LogP contribution < -0.4 is 19.6 Å². The van der Waals surface area contributed by atoms with Crippen molar-refractivity contribution >= 4 is 44.4 Å². The van der Waals surface area contributed by atoms with Crippen molar-refractivity contribution < 1.29 is 22.7 Å². The molecule has 2 heterocycles. The Morgan fingerprint density at radius 1 is 1.03 bits per heavy atom. The zero-order valence-electron chi connectivity index (χ0n) is 19.9. The summed E-state index contributed by atoms with van der Waals surface area (Å²) < 4.78 is 36.5. The van der Waals surface area contributed by atoms with Crippen LogP contribution >= 0.6 is 0 Å². The Morgan fingerprint density at radius 3 is 2.62 bits per heavy atom. The van der Waals surface area contributed by atoms with Gasteiger partial charge in [0.2, 0.25) is 10.0 Å². The van der Waals surface area contributed by atoms with Gasteiger partial charge < -0.3 is 9.47 Å². The maximum Gasteiger partial charge on any atom is 0.280 e. The van der Waals surface area contributed by atoms with Gasteiger partial charge in [-0.3, -0.25) is 4.79 Å². The van der Waals surface area contributed by atoms with Crippen molar-refractivity contribution in [3.05, 3.63) is 77.9 Å². The molecule has 1 amide bonds. The molecule has 0 spiro atoms. The number of methoxy groups -OCH3 is 1. The Balaban J connectivity index is 1.37. The number of carbonyl (C=O) groups is 1. The third kappa shape index (κ3) is 4.79. The zero-order chi connectivity index (χ0) is 26.2. The van der Waals surface area contributed by atoms with Gasteiger partial charge in [0.15, 0.2) is 18.2 Å². The molecule has 0 fully saturated rings. The van der Waals surface area contributed by atoms with E-state index in [9.17, 15) is 13.2 Å². The van der Waals surface area contributed by atoms with Gasteiger partial charge in [-0.1, -0.05) is 29.5 Å². The number of aromatic nitrogens is 3. The number of hydrogen-bond acceptors (Lipinski definition) is 8. The largest absolute Gasteiger partial charge is 0.493 e. The lowest BCUT2D eigenvalue weighted by molar-refractivity contribution is -0.114. The number of nitrogens with two attached hydrogens (primary N) is 1. The summed E-state index contributed by atoms with van der Waals surface area (Å²) in [5.74, 6) is 0.562. The number of para-hydroxylation sites is 1. The van der Waals surface area contributed by atoms with Gasteiger partial charge in [-0.25, -0.2) is 18.2 Å². The molecule has 0 bridgehead atoms. The first-order valence-corrected chi connectivity index (χ1v) is 12.6. The molecule has 0 radical (unpaired) electrons. The number of hydrogen-bond donors (Lipinski definition) is 1. The summed E-state index contributed by atoms with van der Waals surface area (Å²) >= 11 is 0. The highest BCUT2D eigenvalue weighted by Crippen LogP contribution is 2.31. The fraction of sp³-hybridized carbons (Fsp3) is 0.120. The van der Waals surface area contributed by atoms with Gasteiger partial charge in [0, 0.05) is 0 Å². The van der Waals surface area contributed by atoms with E-state index in [-0.39, 0.29) is 11.6 Å². The van der Waals surface area contributed by atoms with Gasteiger partial charge in [-0.05, 0) is 61.0 Å². The molecule has 1 aliphatic heterocycles. The first kappa shape index (κ1) is 24.2. The van der Waals surface area contributed by atoms with E-state index in [0.717, 1.165) is 16.0 Å². The second-order valence-electron chi connectivity index (χ2n) is 8.16. The van der Waals surface area contributed by atoms with E-state index in [0.29, 0.717) is 34.0 Å². The normalized spacial score (nSPS) is 14.9. The molecule has 11 nitrogen and oxygen atoms in total. The topological polar surface area (TPSA) is 142 Å². The minimum Gasteiger partial charge on any atom is -0.493 e. The molecular weight excluding hydrogens is 496 g/mol. The fourth-order valence-electron chi connectivity index (χ4n) is 3.85. The molecular formula is C25H22N6O5S. The Kier molecular flexibility index (Phi) is 6.19. The Hall–Kier alpha value is -4.55. The zero-order valence-corrected chi connectivity index (χ0v) is 20.7. The summed E-state index contributed by atoms with van der Waals surface area (Å²) in [6.45, 7) is 1.83. The number of fused-ring (bicyclic) bond motifs is 1. The molecule has 12 heteroatoms. The van der Waals surface area contributed by atoms with Gasteiger partial charge in [0.1, 0.15) is 5.52 Å². The molecule has 0 atom stereocenters. The van der Waals surface area contributed by atoms with Gasteiger partial charge in [-0.2, -0.15) is 10.1 Å². The van der Waals surface area contributed by atoms with E-state index < -0.39 is 15.9 Å². The Bertz CT molecular complexity index is 1690. The SMILES string of the molecule is COc1cc(/C=C2\C(=O)N(c3cccc(S(N)(=O)=O)c3)N=C2C)ccc1OCn1nnc2ccccc21. The summed E-state index contributed by atoms with van der Waals surface area (Å²) in [4.78, 5) is 13.0. The summed E-state index contributed by atoms with van der Waals surface area (Å²) in [6.07, 6.45) is 1.68. The highest BCUT2D eigenvalue weighted by Gasteiger charge is 2.29. The van der Waals surface area contributed by atoms with E-state index in [1.165, 1.54) is 25.3 Å². The first-order valence-electron chi connectivity index (χ1n) is 11.1. The number of nitrogens with zero attached hydrogens (tertiary/aromatic N) is 5. The lowest BCUT2D eigenvalue weighted by Crippen LogP contribution is -2.22. The van der Waals surface area contributed by atoms with Crippen LogP contribution in [0.15, 0.2) is 82.3 Å². The molecule has 0 unspecified atom stereocenters. The van der Waals surface area contributed by atoms with E-state index in [1.807, 2.05) is 24.3 Å². The summed E-state index contributed by atoms with van der Waals surface area (Å²) in [7, 11) is -2.40. The maximum absolute atomic E-state index is 13.1. The lowest BCUT2D eigenvalue weighted by Gasteiger charge is -2.13. The molecule has 0 aliphatic carbocycles. The molecule has 2 N–H and O–H groups in total. The molecule has 5 rings (SSSR count). The highest BCUT2D eigenvalue weighted by molar-refractivity contribution is 7.89. The molecule has 0 saturated carbocycles. The van der Waals surface area contributed by atoms with E-state index in [2.05, 4.69) is 15.4 Å². The second kappa shape index (κ2) is 9.48. The van der Waals surface area contributed by atoms with Crippen molar-refractivity contribution in [3.8, 4) is 11.5 Å². The lowest BCUT2D eigenvalue weighted by atomic mass is 10.1. The third-order valence-corrected chi connectivity index (χ3v) is 6.63. The molecule has 4 aromatic rings. The standard InChI is InChI=1S/C25H22N6O5S/c1-16-20(25(32)31(28-16)18-6-5-7-19(14-18)37(26,33)34)12-17-10-11-23(24(13-17)35-2)36-15-30-22-9-4-3-8-21(22)27-29-30/h3-14H,15H2,1-2H3,(H2,26,33,34)/b20-12-. The molecule has 37 heavy (non-hydrogen) atoms. The number of benzene rings is 3. The summed E-state index contributed by atoms with van der Waals surface area (Å²) in [6, 6.07) is 18.6. The van der Waals surface area contributed by atoms with Gasteiger partial charge >= 0.3 is 0 Å². The van der Waals surface area contributed by atoms with Crippen LogP contribution in [-0.4, -0.2) is 42.1 Å². The van der Waals surface area contributed by atoms with E-state index >= 15 is 0 Å². The molecule has 0 saturated heterocycles. The first-order chi connectivity index (χ1) is 17.7. The van der Waals surface area contributed by atoms with Gasteiger partial charge in [0.25, 0.3) is 5.91 Å². The van der Waals surface area contributed by atoms with Crippen LogP contribution in [0.1, 0.15) is 12.5 Å². The van der Waals surface area contributed by atoms with Crippen LogP contribution in [0, 0.1) is 0 Å². The van der Waals surface area contributed by atoms with Crippen LogP contribution in [0.2, 0.25) is 0 Å². The molecule has 3 aromatic carbocycles. The molecule has 1 aromatic heterocycles. The van der Waals surface area contributed by atoms with Gasteiger partial charge in [-0.15, -0.1) is 5.10 Å². The number of sulfonamides is 1. The van der Waals surface area contributed by atoms with Crippen LogP contribution in [0.4, 0.5) is 5.69 Å². The number of primary sulfonamides is 1. The van der Waals surface area contributed by atoms with Crippen LogP contribution in [0.3, 0.4) is 0 Å². The predicted octanol–water partition coefficient (Wildman–Crippen LogP) is 2.93. The fourth-order valence-corrected chi connectivity index (χ4v) is 4.41. The van der Waals surface area contributed by atoms with Crippen molar-refractivity contribution in [2.75, 3.05) is 12.1 Å². The minimum atomic E-state index is -3.93. The van der Waals surface area contributed by atoms with Crippen molar-refractivity contribution in [2.45, 2.75) is 18.6 Å². The van der Waals surface area contributed by atoms with E-state index in [4.69, 9.17) is 14.6 Å². The van der Waals surface area contributed by atoms with Crippen molar-refractivity contribution in [1.82, 2.24) is 15.0 Å². The van der Waals surface area contributed by atoms with Gasteiger partial charge in [0.05, 0.1) is 34.5 Å². The monoisotopic (exact) mass is 518 g/mol. The van der Waals surface area contributed by atoms with Crippen LogP contribution in [-0.2, 0) is 21.5 Å². The Morgan fingerprint density at radius 2 is 1.84 bits per heavy atom. The average molecular weight is 519 g/mol. The predicted molar refractivity (Wildman–Crippen MR) is 138 cm³/mol. The number of carbonyl (C=O) groups excluding carboxylic acids is 1. The smallest absolute Gasteiger partial charge is 0.280 e. The third-order valence-electron chi connectivity index (χ3n) is 5.71. The molecule has 1 aliphatic rings. The quantitative estimate of drug-likeness (QED) is 0.371. The minimum absolute atomic E-state index is 0.109. The number of anilines is 1. The summed E-state index contributed by atoms with van der Waals surface area (Å²) in [5.41, 5.74) is 3.42. The summed E-state index contributed by atoms with van der Waals surface area (Å²) in [5, 5.41) is 18.9. The highest BCUT2D eigenvalue weighted by atomic mass is 32.2. The number of ether oxygens (including phenoxy) is 2. The number of rotatable bonds is 7. The Labute approximate surface area is 212 Å². The number of amides is 1. The average Bonchev–Trinajstić information content (AvgIpc) is 3.43. The van der Waals surface area contributed by atoms with Crippen LogP contribution in [0.25, 0.3) is 17.1 Å². The molecule has 188 valence electrons. The maximum atomic E-state index is 13.1. The number of hydrazone groups is 1.